The summed E-state index contributed by atoms with van der Waals surface area (Å²) in [6, 6.07) is 7.21. The molecule has 1 fully saturated rings. The Morgan fingerprint density at radius 3 is 3.06 bits per heavy atom. The maximum atomic E-state index is 11.1. The minimum atomic E-state index is -0.267. The zero-order chi connectivity index (χ0) is 11.4. The first kappa shape index (κ1) is 10.6. The van der Waals surface area contributed by atoms with Crippen molar-refractivity contribution >= 4 is 11.8 Å². The number of amides is 1. The summed E-state index contributed by atoms with van der Waals surface area (Å²) in [4.78, 5) is 12.7. The number of hydrogen-bond donors (Lipinski definition) is 1. The number of carbonyl (C=O) groups excluding carboxylic acids is 1. The van der Waals surface area contributed by atoms with Gasteiger partial charge in [0.15, 0.2) is 0 Å². The maximum Gasteiger partial charge on any atom is 0.410 e. The lowest BCUT2D eigenvalue weighted by molar-refractivity contribution is 0.153. The molecule has 1 amide bonds. The van der Waals surface area contributed by atoms with E-state index in [1.165, 1.54) is 0 Å². The van der Waals surface area contributed by atoms with Crippen LogP contribution in [0.4, 0.5) is 10.5 Å². The average molecular weight is 222 g/mol. The van der Waals surface area contributed by atoms with Gasteiger partial charge < -0.3 is 20.1 Å². The largest absolute Gasteiger partial charge is 0.492 e. The smallest absolute Gasteiger partial charge is 0.410 e. The summed E-state index contributed by atoms with van der Waals surface area (Å²) in [5.41, 5.74) is 6.27. The molecule has 2 N–H and O–H groups in total. The Morgan fingerprint density at radius 2 is 2.38 bits per heavy atom. The van der Waals surface area contributed by atoms with Gasteiger partial charge in [0.25, 0.3) is 0 Å². The number of nitrogens with two attached hydrogens (primary N) is 1. The number of hydrogen-bond acceptors (Lipinski definition) is 4. The van der Waals surface area contributed by atoms with E-state index in [9.17, 15) is 4.79 Å². The first-order valence-corrected chi connectivity index (χ1v) is 5.16. The van der Waals surface area contributed by atoms with E-state index < -0.39 is 0 Å². The van der Waals surface area contributed by atoms with Crippen LogP contribution in [0, 0.1) is 0 Å². The third-order valence-corrected chi connectivity index (χ3v) is 2.33. The predicted molar refractivity (Wildman–Crippen MR) is 59.3 cm³/mol. The Balaban J connectivity index is 1.77. The van der Waals surface area contributed by atoms with Crippen molar-refractivity contribution in [1.29, 1.82) is 0 Å². The monoisotopic (exact) mass is 222 g/mol. The van der Waals surface area contributed by atoms with Crippen LogP contribution in [-0.2, 0) is 4.74 Å². The van der Waals surface area contributed by atoms with E-state index in [1.54, 1.807) is 17.0 Å². The lowest BCUT2D eigenvalue weighted by Gasteiger charge is -2.13. The average Bonchev–Trinajstić information content (AvgIpc) is 2.65. The first-order chi connectivity index (χ1) is 7.75. The Morgan fingerprint density at radius 1 is 1.50 bits per heavy atom. The minimum Gasteiger partial charge on any atom is -0.492 e. The molecule has 1 saturated heterocycles. The maximum absolute atomic E-state index is 11.1. The van der Waals surface area contributed by atoms with Crippen molar-refractivity contribution in [1.82, 2.24) is 4.90 Å². The highest BCUT2D eigenvalue weighted by molar-refractivity contribution is 5.69. The zero-order valence-corrected chi connectivity index (χ0v) is 8.89. The van der Waals surface area contributed by atoms with Crippen molar-refractivity contribution in [3.8, 4) is 5.75 Å². The summed E-state index contributed by atoms with van der Waals surface area (Å²) in [7, 11) is 0. The van der Waals surface area contributed by atoms with Gasteiger partial charge in [0.1, 0.15) is 19.0 Å². The molecule has 1 heterocycles. The first-order valence-electron chi connectivity index (χ1n) is 5.16. The Bertz CT molecular complexity index is 381. The molecule has 0 unspecified atom stereocenters. The molecule has 16 heavy (non-hydrogen) atoms. The quantitative estimate of drug-likeness (QED) is 0.775. The fraction of sp³-hybridized carbons (Fsp3) is 0.364. The number of benzene rings is 1. The molecule has 0 radical (unpaired) electrons. The standard InChI is InChI=1S/C11H14N2O3/c12-9-2-1-3-10(8-9)15-6-4-13-5-7-16-11(13)14/h1-3,8H,4-7,12H2. The summed E-state index contributed by atoms with van der Waals surface area (Å²) < 4.78 is 10.3. The molecule has 86 valence electrons. The van der Waals surface area contributed by atoms with Crippen LogP contribution in [0.5, 0.6) is 5.75 Å². The van der Waals surface area contributed by atoms with E-state index in [0.717, 1.165) is 0 Å². The van der Waals surface area contributed by atoms with Crippen molar-refractivity contribution in [3.05, 3.63) is 24.3 Å². The minimum absolute atomic E-state index is 0.267. The van der Waals surface area contributed by atoms with Gasteiger partial charge in [-0.05, 0) is 12.1 Å². The molecular weight excluding hydrogens is 208 g/mol. The van der Waals surface area contributed by atoms with Gasteiger partial charge in [-0.3, -0.25) is 0 Å². The van der Waals surface area contributed by atoms with E-state index in [2.05, 4.69) is 0 Å². The Hall–Kier alpha value is -1.91. The highest BCUT2D eigenvalue weighted by Gasteiger charge is 2.21. The molecular formula is C11H14N2O3. The number of nitrogen functional groups attached to an aromatic ring is 1. The second-order valence-electron chi connectivity index (χ2n) is 3.52. The number of anilines is 1. The third kappa shape index (κ3) is 2.56. The fourth-order valence-electron chi connectivity index (χ4n) is 1.51. The topological polar surface area (TPSA) is 64.8 Å². The molecule has 0 atom stereocenters. The van der Waals surface area contributed by atoms with Gasteiger partial charge in [-0.1, -0.05) is 6.07 Å². The van der Waals surface area contributed by atoms with Crippen LogP contribution in [0.15, 0.2) is 24.3 Å². The summed E-state index contributed by atoms with van der Waals surface area (Å²) >= 11 is 0. The number of ether oxygens (including phenoxy) is 2. The third-order valence-electron chi connectivity index (χ3n) is 2.33. The lowest BCUT2D eigenvalue weighted by atomic mass is 10.3. The van der Waals surface area contributed by atoms with Gasteiger partial charge in [-0.2, -0.15) is 0 Å². The van der Waals surface area contributed by atoms with Crippen molar-refractivity contribution in [3.63, 3.8) is 0 Å². The van der Waals surface area contributed by atoms with Gasteiger partial charge in [-0.15, -0.1) is 0 Å². The lowest BCUT2D eigenvalue weighted by Crippen LogP contribution is -2.29. The summed E-state index contributed by atoms with van der Waals surface area (Å²) in [5.74, 6) is 0.715. The van der Waals surface area contributed by atoms with Crippen LogP contribution in [0.1, 0.15) is 0 Å². The van der Waals surface area contributed by atoms with E-state index in [0.29, 0.717) is 37.7 Å². The molecule has 0 aliphatic carbocycles. The van der Waals surface area contributed by atoms with Crippen LogP contribution in [0.2, 0.25) is 0 Å². The molecule has 0 bridgehead atoms. The molecule has 5 heteroatoms. The highest BCUT2D eigenvalue weighted by Crippen LogP contribution is 2.14. The Kier molecular flexibility index (Phi) is 3.14. The van der Waals surface area contributed by atoms with E-state index in [4.69, 9.17) is 15.2 Å². The molecule has 1 aromatic rings. The number of cyclic esters (lactones) is 1. The highest BCUT2D eigenvalue weighted by atomic mass is 16.6. The van der Waals surface area contributed by atoms with Crippen LogP contribution in [0.3, 0.4) is 0 Å². The van der Waals surface area contributed by atoms with Crippen LogP contribution in [-0.4, -0.2) is 37.3 Å². The molecule has 1 aliphatic rings. The number of rotatable bonds is 4. The second kappa shape index (κ2) is 4.74. The van der Waals surface area contributed by atoms with Crippen LogP contribution >= 0.6 is 0 Å². The van der Waals surface area contributed by atoms with E-state index in [1.807, 2.05) is 12.1 Å². The molecule has 0 aromatic heterocycles. The summed E-state index contributed by atoms with van der Waals surface area (Å²) in [6.07, 6.45) is -0.267. The fourth-order valence-corrected chi connectivity index (χ4v) is 1.51. The molecule has 5 nitrogen and oxygen atoms in total. The van der Waals surface area contributed by atoms with Gasteiger partial charge >= 0.3 is 6.09 Å². The van der Waals surface area contributed by atoms with Crippen molar-refractivity contribution < 1.29 is 14.3 Å². The van der Waals surface area contributed by atoms with Gasteiger partial charge in [0, 0.05) is 11.8 Å². The number of carbonyl (C=O) groups is 1. The molecule has 0 saturated carbocycles. The molecule has 1 aliphatic heterocycles. The SMILES string of the molecule is Nc1cccc(OCCN2CCOC2=O)c1. The van der Waals surface area contributed by atoms with Gasteiger partial charge in [-0.25, -0.2) is 4.79 Å². The molecule has 1 aromatic carbocycles. The van der Waals surface area contributed by atoms with Crippen molar-refractivity contribution in [2.24, 2.45) is 0 Å². The molecule has 2 rings (SSSR count). The summed E-state index contributed by atoms with van der Waals surface area (Å²) in [6.45, 7) is 2.09. The zero-order valence-electron chi connectivity index (χ0n) is 8.89. The normalized spacial score (nSPS) is 15.0. The Labute approximate surface area is 93.7 Å². The van der Waals surface area contributed by atoms with Gasteiger partial charge in [0.05, 0.1) is 13.1 Å². The van der Waals surface area contributed by atoms with Crippen molar-refractivity contribution in [2.75, 3.05) is 32.0 Å². The number of nitrogens with zero attached hydrogens (tertiary/aromatic N) is 1. The second-order valence-corrected chi connectivity index (χ2v) is 3.52. The van der Waals surface area contributed by atoms with Crippen LogP contribution in [0.25, 0.3) is 0 Å². The molecule has 0 spiro atoms. The van der Waals surface area contributed by atoms with Crippen LogP contribution < -0.4 is 10.5 Å². The van der Waals surface area contributed by atoms with Gasteiger partial charge in [0.2, 0.25) is 0 Å². The van der Waals surface area contributed by atoms with E-state index >= 15 is 0 Å². The summed E-state index contributed by atoms with van der Waals surface area (Å²) in [5, 5.41) is 0. The van der Waals surface area contributed by atoms with Crippen molar-refractivity contribution in [2.45, 2.75) is 0 Å². The van der Waals surface area contributed by atoms with E-state index in [-0.39, 0.29) is 6.09 Å². The predicted octanol–water partition coefficient (Wildman–Crippen LogP) is 1.10.